The fraction of sp³-hybridized carbons (Fsp3) is 0.600. The van der Waals surface area contributed by atoms with Crippen molar-refractivity contribution in [2.75, 3.05) is 19.6 Å². The molecule has 2 unspecified atom stereocenters. The van der Waals surface area contributed by atoms with Gasteiger partial charge in [-0.1, -0.05) is 31.0 Å². The SMILES string of the molecule is CCC1CCN(C(CN)c2ccc(Cl)cc2C)C1. The maximum Gasteiger partial charge on any atom is 0.0473 e. The van der Waals surface area contributed by atoms with E-state index in [0.29, 0.717) is 12.6 Å². The first kappa shape index (κ1) is 13.9. The Morgan fingerprint density at radius 3 is 2.83 bits per heavy atom. The normalized spacial score (nSPS) is 22.3. The average molecular weight is 267 g/mol. The zero-order valence-electron chi connectivity index (χ0n) is 11.3. The standard InChI is InChI=1S/C15H23ClN2/c1-3-12-6-7-18(10-12)15(9-17)14-5-4-13(16)8-11(14)2/h4-5,8,12,15H,3,6-7,9-10,17H2,1-2H3. The summed E-state index contributed by atoms with van der Waals surface area (Å²) in [6.45, 7) is 7.43. The van der Waals surface area contributed by atoms with Crippen LogP contribution in [0.15, 0.2) is 18.2 Å². The van der Waals surface area contributed by atoms with E-state index < -0.39 is 0 Å². The smallest absolute Gasteiger partial charge is 0.0473 e. The third-order valence-electron chi connectivity index (χ3n) is 4.15. The highest BCUT2D eigenvalue weighted by atomic mass is 35.5. The van der Waals surface area contributed by atoms with E-state index in [0.717, 1.165) is 10.9 Å². The largest absolute Gasteiger partial charge is 0.329 e. The van der Waals surface area contributed by atoms with E-state index in [4.69, 9.17) is 17.3 Å². The van der Waals surface area contributed by atoms with Crippen molar-refractivity contribution in [3.63, 3.8) is 0 Å². The zero-order valence-corrected chi connectivity index (χ0v) is 12.1. The van der Waals surface area contributed by atoms with Gasteiger partial charge in [-0.25, -0.2) is 0 Å². The van der Waals surface area contributed by atoms with E-state index >= 15 is 0 Å². The molecule has 18 heavy (non-hydrogen) atoms. The van der Waals surface area contributed by atoms with Gasteiger partial charge in [-0.15, -0.1) is 0 Å². The van der Waals surface area contributed by atoms with Crippen molar-refractivity contribution < 1.29 is 0 Å². The molecule has 1 aliphatic rings. The molecule has 2 rings (SSSR count). The van der Waals surface area contributed by atoms with Crippen molar-refractivity contribution in [2.45, 2.75) is 32.7 Å². The highest BCUT2D eigenvalue weighted by Crippen LogP contribution is 2.30. The molecule has 0 spiro atoms. The minimum Gasteiger partial charge on any atom is -0.329 e. The van der Waals surface area contributed by atoms with Gasteiger partial charge in [-0.2, -0.15) is 0 Å². The van der Waals surface area contributed by atoms with Crippen LogP contribution in [0.4, 0.5) is 0 Å². The van der Waals surface area contributed by atoms with Crippen LogP contribution in [0.25, 0.3) is 0 Å². The van der Waals surface area contributed by atoms with Crippen LogP contribution in [-0.2, 0) is 0 Å². The van der Waals surface area contributed by atoms with Gasteiger partial charge in [0.2, 0.25) is 0 Å². The van der Waals surface area contributed by atoms with E-state index in [1.807, 2.05) is 12.1 Å². The van der Waals surface area contributed by atoms with E-state index in [-0.39, 0.29) is 0 Å². The third kappa shape index (κ3) is 2.87. The Hall–Kier alpha value is -0.570. The fourth-order valence-electron chi connectivity index (χ4n) is 2.96. The van der Waals surface area contributed by atoms with Crippen molar-refractivity contribution in [1.82, 2.24) is 4.90 Å². The lowest BCUT2D eigenvalue weighted by Gasteiger charge is -2.28. The van der Waals surface area contributed by atoms with Crippen LogP contribution < -0.4 is 5.73 Å². The second kappa shape index (κ2) is 6.05. The number of aryl methyl sites for hydroxylation is 1. The Kier molecular flexibility index (Phi) is 4.66. The second-order valence-electron chi connectivity index (χ2n) is 5.31. The third-order valence-corrected chi connectivity index (χ3v) is 4.38. The quantitative estimate of drug-likeness (QED) is 0.905. The Bertz CT molecular complexity index is 405. The molecule has 2 atom stereocenters. The van der Waals surface area contributed by atoms with Gasteiger partial charge in [0.1, 0.15) is 0 Å². The minimum atomic E-state index is 0.346. The molecule has 0 radical (unpaired) electrons. The molecule has 1 heterocycles. The molecule has 1 aromatic rings. The van der Waals surface area contributed by atoms with Gasteiger partial charge in [0.05, 0.1) is 0 Å². The molecule has 0 saturated carbocycles. The van der Waals surface area contributed by atoms with Crippen LogP contribution >= 0.6 is 11.6 Å². The first-order chi connectivity index (χ1) is 8.65. The molecule has 3 heteroatoms. The Morgan fingerprint density at radius 2 is 2.28 bits per heavy atom. The lowest BCUT2D eigenvalue weighted by Crippen LogP contribution is -2.32. The Balaban J connectivity index is 2.18. The van der Waals surface area contributed by atoms with Gasteiger partial charge >= 0.3 is 0 Å². The summed E-state index contributed by atoms with van der Waals surface area (Å²) in [5, 5.41) is 0.805. The van der Waals surface area contributed by atoms with Gasteiger partial charge < -0.3 is 5.73 Å². The van der Waals surface area contributed by atoms with Crippen LogP contribution in [0.5, 0.6) is 0 Å². The van der Waals surface area contributed by atoms with Crippen molar-refractivity contribution in [3.05, 3.63) is 34.3 Å². The molecular formula is C15H23ClN2. The number of rotatable bonds is 4. The number of benzene rings is 1. The van der Waals surface area contributed by atoms with Crippen LogP contribution in [0.1, 0.15) is 36.9 Å². The van der Waals surface area contributed by atoms with Crippen LogP contribution in [0.2, 0.25) is 5.02 Å². The molecule has 1 saturated heterocycles. The zero-order chi connectivity index (χ0) is 13.1. The second-order valence-corrected chi connectivity index (χ2v) is 5.75. The maximum absolute atomic E-state index is 6.03. The molecular weight excluding hydrogens is 244 g/mol. The number of nitrogens with zero attached hydrogens (tertiary/aromatic N) is 1. The monoisotopic (exact) mass is 266 g/mol. The van der Waals surface area contributed by atoms with Gasteiger partial charge in [0.25, 0.3) is 0 Å². The van der Waals surface area contributed by atoms with Crippen molar-refractivity contribution in [1.29, 1.82) is 0 Å². The summed E-state index contributed by atoms with van der Waals surface area (Å²) in [6, 6.07) is 6.49. The minimum absolute atomic E-state index is 0.346. The number of hydrogen-bond donors (Lipinski definition) is 1. The van der Waals surface area contributed by atoms with E-state index in [1.54, 1.807) is 0 Å². The predicted molar refractivity (Wildman–Crippen MR) is 78.0 cm³/mol. The topological polar surface area (TPSA) is 29.3 Å². The van der Waals surface area contributed by atoms with Crippen LogP contribution in [-0.4, -0.2) is 24.5 Å². The summed E-state index contributed by atoms with van der Waals surface area (Å²) in [5.41, 5.74) is 8.58. The molecule has 1 aliphatic heterocycles. The van der Waals surface area contributed by atoms with Gasteiger partial charge in [-0.3, -0.25) is 4.90 Å². The molecule has 2 N–H and O–H groups in total. The van der Waals surface area contributed by atoms with Crippen LogP contribution in [0.3, 0.4) is 0 Å². The molecule has 0 aliphatic carbocycles. The van der Waals surface area contributed by atoms with Crippen molar-refractivity contribution in [3.8, 4) is 0 Å². The molecule has 1 aromatic carbocycles. The van der Waals surface area contributed by atoms with Gasteiger partial charge in [0.15, 0.2) is 0 Å². The highest BCUT2D eigenvalue weighted by Gasteiger charge is 2.28. The summed E-state index contributed by atoms with van der Waals surface area (Å²) >= 11 is 6.03. The molecule has 100 valence electrons. The Morgan fingerprint density at radius 1 is 1.50 bits per heavy atom. The first-order valence-electron chi connectivity index (χ1n) is 6.85. The molecule has 1 fully saturated rings. The van der Waals surface area contributed by atoms with Gasteiger partial charge in [-0.05, 0) is 49.1 Å². The predicted octanol–water partition coefficient (Wildman–Crippen LogP) is 3.38. The van der Waals surface area contributed by atoms with Gasteiger partial charge in [0, 0.05) is 24.2 Å². The summed E-state index contributed by atoms with van der Waals surface area (Å²) in [4.78, 5) is 2.53. The van der Waals surface area contributed by atoms with Crippen molar-refractivity contribution in [2.24, 2.45) is 11.7 Å². The lowest BCUT2D eigenvalue weighted by atomic mass is 10.00. The summed E-state index contributed by atoms with van der Waals surface area (Å²) < 4.78 is 0. The molecule has 2 nitrogen and oxygen atoms in total. The summed E-state index contributed by atoms with van der Waals surface area (Å²) in [5.74, 6) is 0.839. The molecule has 0 amide bonds. The van der Waals surface area contributed by atoms with Crippen LogP contribution in [0, 0.1) is 12.8 Å². The fourth-order valence-corrected chi connectivity index (χ4v) is 3.19. The van der Waals surface area contributed by atoms with E-state index in [1.165, 1.54) is 37.1 Å². The lowest BCUT2D eigenvalue weighted by molar-refractivity contribution is 0.240. The molecule has 0 bridgehead atoms. The van der Waals surface area contributed by atoms with E-state index in [9.17, 15) is 0 Å². The van der Waals surface area contributed by atoms with E-state index in [2.05, 4.69) is 24.8 Å². The maximum atomic E-state index is 6.03. The number of likely N-dealkylation sites (tertiary alicyclic amines) is 1. The number of hydrogen-bond acceptors (Lipinski definition) is 2. The first-order valence-corrected chi connectivity index (χ1v) is 7.23. The number of halogens is 1. The number of nitrogens with two attached hydrogens (primary N) is 1. The highest BCUT2D eigenvalue weighted by molar-refractivity contribution is 6.30. The average Bonchev–Trinajstić information content (AvgIpc) is 2.81. The van der Waals surface area contributed by atoms with Crippen molar-refractivity contribution >= 4 is 11.6 Å². The molecule has 0 aromatic heterocycles. The summed E-state index contributed by atoms with van der Waals surface area (Å²) in [6.07, 6.45) is 2.58. The summed E-state index contributed by atoms with van der Waals surface area (Å²) in [7, 11) is 0. The Labute approximate surface area is 115 Å².